The highest BCUT2D eigenvalue weighted by molar-refractivity contribution is 5.88. The molecule has 0 radical (unpaired) electrons. The SMILES string of the molecule is Cc1nn(-c2ccc(C(=O)O)cc2)c2ncc([C@@H](C)C3CC(F)(F)C3)cc12. The van der Waals surface area contributed by atoms with Crippen molar-refractivity contribution in [2.24, 2.45) is 5.92 Å². The Morgan fingerprint density at radius 1 is 1.30 bits per heavy atom. The van der Waals surface area contributed by atoms with Crippen molar-refractivity contribution in [3.8, 4) is 5.69 Å². The first kappa shape index (κ1) is 17.6. The van der Waals surface area contributed by atoms with Crippen LogP contribution in [0.25, 0.3) is 16.7 Å². The number of benzene rings is 1. The van der Waals surface area contributed by atoms with Crippen molar-refractivity contribution in [2.45, 2.75) is 38.5 Å². The highest BCUT2D eigenvalue weighted by Crippen LogP contribution is 2.49. The summed E-state index contributed by atoms with van der Waals surface area (Å²) < 4.78 is 28.0. The van der Waals surface area contributed by atoms with Gasteiger partial charge in [-0.15, -0.1) is 0 Å². The molecule has 140 valence electrons. The third-order valence-corrected chi connectivity index (χ3v) is 5.44. The maximum atomic E-state index is 13.2. The Kier molecular flexibility index (Phi) is 3.98. The lowest BCUT2D eigenvalue weighted by Crippen LogP contribution is -2.38. The number of halogens is 2. The van der Waals surface area contributed by atoms with Crippen molar-refractivity contribution in [2.75, 3.05) is 0 Å². The second-order valence-electron chi connectivity index (χ2n) is 7.30. The number of carboxylic acid groups (broad SMARTS) is 1. The molecular formula is C20H19F2N3O2. The molecule has 2 heterocycles. The minimum atomic E-state index is -2.53. The van der Waals surface area contributed by atoms with E-state index in [1.54, 1.807) is 23.0 Å². The molecule has 1 aliphatic rings. The number of aromatic carboxylic acids is 1. The fraction of sp³-hybridized carbons (Fsp3) is 0.350. The van der Waals surface area contributed by atoms with E-state index in [0.29, 0.717) is 11.3 Å². The molecule has 1 N–H and O–H groups in total. The first-order chi connectivity index (χ1) is 12.7. The molecule has 1 saturated carbocycles. The van der Waals surface area contributed by atoms with Gasteiger partial charge in [-0.3, -0.25) is 0 Å². The largest absolute Gasteiger partial charge is 0.478 e. The molecule has 0 unspecified atom stereocenters. The van der Waals surface area contributed by atoms with E-state index in [9.17, 15) is 13.6 Å². The van der Waals surface area contributed by atoms with Crippen LogP contribution in [0.1, 0.15) is 47.3 Å². The predicted molar refractivity (Wildman–Crippen MR) is 96.6 cm³/mol. The summed E-state index contributed by atoms with van der Waals surface area (Å²) in [5, 5.41) is 14.4. The average Bonchev–Trinajstić information content (AvgIpc) is 2.95. The van der Waals surface area contributed by atoms with Gasteiger partial charge in [0.05, 0.1) is 16.9 Å². The van der Waals surface area contributed by atoms with E-state index >= 15 is 0 Å². The average molecular weight is 371 g/mol. The van der Waals surface area contributed by atoms with Gasteiger partial charge in [0.1, 0.15) is 0 Å². The van der Waals surface area contributed by atoms with Crippen LogP contribution in [0.5, 0.6) is 0 Å². The van der Waals surface area contributed by atoms with E-state index in [1.165, 1.54) is 12.1 Å². The van der Waals surface area contributed by atoms with Gasteiger partial charge >= 0.3 is 5.97 Å². The van der Waals surface area contributed by atoms with Crippen LogP contribution < -0.4 is 0 Å². The number of fused-ring (bicyclic) bond motifs is 1. The standard InChI is InChI=1S/C20H19F2N3O2/c1-11(15-8-20(21,22)9-15)14-7-17-12(2)24-25(18(17)23-10-14)16-5-3-13(4-6-16)19(26)27/h3-7,10-11,15H,8-9H2,1-2H3,(H,26,27)/t11-/m1/s1. The Bertz CT molecular complexity index is 1020. The summed E-state index contributed by atoms with van der Waals surface area (Å²) in [4.78, 5) is 15.5. The summed E-state index contributed by atoms with van der Waals surface area (Å²) in [7, 11) is 0. The van der Waals surface area contributed by atoms with Gasteiger partial charge in [0, 0.05) is 24.4 Å². The normalized spacial score (nSPS) is 17.6. The van der Waals surface area contributed by atoms with Crippen molar-refractivity contribution in [1.82, 2.24) is 14.8 Å². The van der Waals surface area contributed by atoms with Gasteiger partial charge in [0.25, 0.3) is 0 Å². The minimum Gasteiger partial charge on any atom is -0.478 e. The van der Waals surface area contributed by atoms with Crippen LogP contribution in [0.4, 0.5) is 8.78 Å². The summed E-state index contributed by atoms with van der Waals surface area (Å²) in [5.74, 6) is -3.53. The molecule has 7 heteroatoms. The molecule has 1 aromatic carbocycles. The first-order valence-corrected chi connectivity index (χ1v) is 8.82. The molecule has 0 aliphatic heterocycles. The predicted octanol–water partition coefficient (Wildman–Crippen LogP) is 4.58. The molecule has 1 atom stereocenters. The molecule has 4 rings (SSSR count). The van der Waals surface area contributed by atoms with Gasteiger partial charge in [-0.05, 0) is 54.7 Å². The van der Waals surface area contributed by atoms with Crippen LogP contribution in [0, 0.1) is 12.8 Å². The van der Waals surface area contributed by atoms with Gasteiger partial charge in [-0.25, -0.2) is 23.2 Å². The summed E-state index contributed by atoms with van der Waals surface area (Å²) >= 11 is 0. The molecule has 2 aromatic heterocycles. The highest BCUT2D eigenvalue weighted by Gasteiger charge is 2.47. The quantitative estimate of drug-likeness (QED) is 0.729. The number of hydrogen-bond acceptors (Lipinski definition) is 3. The molecule has 0 spiro atoms. The monoisotopic (exact) mass is 371 g/mol. The van der Waals surface area contributed by atoms with Gasteiger partial charge in [0.2, 0.25) is 5.92 Å². The summed E-state index contributed by atoms with van der Waals surface area (Å²) in [6, 6.07) is 8.39. The molecule has 1 aliphatic carbocycles. The Labute approximate surface area is 154 Å². The summed E-state index contributed by atoms with van der Waals surface area (Å²) in [5.41, 5.74) is 3.29. The number of hydrogen-bond donors (Lipinski definition) is 1. The first-order valence-electron chi connectivity index (χ1n) is 8.82. The van der Waals surface area contributed by atoms with E-state index in [0.717, 1.165) is 16.6 Å². The van der Waals surface area contributed by atoms with E-state index < -0.39 is 11.9 Å². The molecule has 5 nitrogen and oxygen atoms in total. The fourth-order valence-corrected chi connectivity index (χ4v) is 3.67. The van der Waals surface area contributed by atoms with Crippen LogP contribution >= 0.6 is 0 Å². The molecule has 1 fully saturated rings. The van der Waals surface area contributed by atoms with E-state index in [1.807, 2.05) is 19.9 Å². The second-order valence-corrected chi connectivity index (χ2v) is 7.30. The number of carboxylic acids is 1. The highest BCUT2D eigenvalue weighted by atomic mass is 19.3. The van der Waals surface area contributed by atoms with Crippen LogP contribution in [0.2, 0.25) is 0 Å². The van der Waals surface area contributed by atoms with Crippen LogP contribution in [0.15, 0.2) is 36.5 Å². The zero-order valence-corrected chi connectivity index (χ0v) is 15.0. The molecule has 0 saturated heterocycles. The number of alkyl halides is 2. The van der Waals surface area contributed by atoms with Crippen LogP contribution in [-0.2, 0) is 0 Å². The fourth-order valence-electron chi connectivity index (χ4n) is 3.67. The lowest BCUT2D eigenvalue weighted by Gasteiger charge is -2.38. The van der Waals surface area contributed by atoms with Crippen LogP contribution in [0.3, 0.4) is 0 Å². The third kappa shape index (κ3) is 3.07. The molecular weight excluding hydrogens is 352 g/mol. The summed E-state index contributed by atoms with van der Waals surface area (Å²) in [6.45, 7) is 3.84. The van der Waals surface area contributed by atoms with Crippen LogP contribution in [-0.4, -0.2) is 31.8 Å². The zero-order chi connectivity index (χ0) is 19.3. The molecule has 0 bridgehead atoms. The minimum absolute atomic E-state index is 0.0131. The lowest BCUT2D eigenvalue weighted by atomic mass is 9.71. The molecule has 3 aromatic rings. The number of rotatable bonds is 4. The van der Waals surface area contributed by atoms with E-state index in [2.05, 4.69) is 10.1 Å². The van der Waals surface area contributed by atoms with Crippen molar-refractivity contribution < 1.29 is 18.7 Å². The van der Waals surface area contributed by atoms with Crippen molar-refractivity contribution in [3.63, 3.8) is 0 Å². The number of nitrogens with zero attached hydrogens (tertiary/aromatic N) is 3. The summed E-state index contributed by atoms with van der Waals surface area (Å²) in [6.07, 6.45) is 1.59. The number of aromatic nitrogens is 3. The number of carbonyl (C=O) groups is 1. The zero-order valence-electron chi connectivity index (χ0n) is 15.0. The molecule has 0 amide bonds. The van der Waals surface area contributed by atoms with Gasteiger partial charge in [-0.2, -0.15) is 5.10 Å². The number of pyridine rings is 1. The Morgan fingerprint density at radius 2 is 1.96 bits per heavy atom. The number of aryl methyl sites for hydroxylation is 1. The molecule has 27 heavy (non-hydrogen) atoms. The van der Waals surface area contributed by atoms with Crippen molar-refractivity contribution in [1.29, 1.82) is 0 Å². The van der Waals surface area contributed by atoms with Gasteiger partial charge in [0.15, 0.2) is 5.65 Å². The van der Waals surface area contributed by atoms with Gasteiger partial charge in [-0.1, -0.05) is 6.92 Å². The Morgan fingerprint density at radius 3 is 2.56 bits per heavy atom. The van der Waals surface area contributed by atoms with E-state index in [4.69, 9.17) is 5.11 Å². The van der Waals surface area contributed by atoms with E-state index in [-0.39, 0.29) is 30.2 Å². The lowest BCUT2D eigenvalue weighted by molar-refractivity contribution is -0.115. The Balaban J connectivity index is 1.68. The smallest absolute Gasteiger partial charge is 0.335 e. The topological polar surface area (TPSA) is 68.0 Å². The Hall–Kier alpha value is -2.83. The van der Waals surface area contributed by atoms with Crippen molar-refractivity contribution in [3.05, 3.63) is 53.3 Å². The second kappa shape index (κ2) is 6.11. The van der Waals surface area contributed by atoms with Crippen molar-refractivity contribution >= 4 is 17.0 Å². The maximum absolute atomic E-state index is 13.2. The maximum Gasteiger partial charge on any atom is 0.335 e. The third-order valence-electron chi connectivity index (χ3n) is 5.44. The van der Waals surface area contributed by atoms with Gasteiger partial charge < -0.3 is 5.11 Å².